The maximum absolute atomic E-state index is 11.2. The quantitative estimate of drug-likeness (QED) is 0.544. The molecule has 0 heterocycles. The van der Waals surface area contributed by atoms with E-state index in [0.717, 1.165) is 5.56 Å². The predicted octanol–water partition coefficient (Wildman–Crippen LogP) is 0.347. The first-order valence-electron chi connectivity index (χ1n) is 5.19. The van der Waals surface area contributed by atoms with Crippen LogP contribution in [0.4, 0.5) is 4.39 Å². The molecule has 0 radical (unpaired) electrons. The molecule has 2 N–H and O–H groups in total. The van der Waals surface area contributed by atoms with Crippen molar-refractivity contribution in [3.8, 4) is 0 Å². The number of alkyl halides is 1. The van der Waals surface area contributed by atoms with Crippen LogP contribution in [0.3, 0.4) is 0 Å². The molecule has 0 aliphatic rings. The molecule has 0 aliphatic heterocycles. The molecule has 0 atom stereocenters. The van der Waals surface area contributed by atoms with Crippen LogP contribution in [0.2, 0.25) is 0 Å². The molecule has 0 bridgehead atoms. The fraction of sp³-hybridized carbons (Fsp3) is 0.333. The molecule has 0 saturated heterocycles. The van der Waals surface area contributed by atoms with E-state index in [0.29, 0.717) is 0 Å². The van der Waals surface area contributed by atoms with Gasteiger partial charge in [0.2, 0.25) is 11.9 Å². The van der Waals surface area contributed by atoms with Crippen molar-refractivity contribution in [2.75, 3.05) is 11.9 Å². The van der Waals surface area contributed by atoms with Crippen LogP contribution in [-0.2, 0) is 34.5 Å². The summed E-state index contributed by atoms with van der Waals surface area (Å²) in [4.78, 5) is -0.0666. The first-order chi connectivity index (χ1) is 9.77. The van der Waals surface area contributed by atoms with Gasteiger partial charge in [0.15, 0.2) is 0 Å². The zero-order valence-corrected chi connectivity index (χ0v) is 13.5. The minimum absolute atomic E-state index is 0.0666. The highest BCUT2D eigenvalue weighted by Crippen LogP contribution is 2.08. The van der Waals surface area contributed by atoms with E-state index in [2.05, 4.69) is 4.18 Å². The van der Waals surface area contributed by atoms with Crippen LogP contribution in [0.15, 0.2) is 29.2 Å². The lowest BCUT2D eigenvalue weighted by Gasteiger charge is -1.97. The number of aryl methyl sites for hydroxylation is 1. The second-order valence-corrected chi connectivity index (χ2v) is 8.65. The van der Waals surface area contributed by atoms with Crippen molar-refractivity contribution in [3.63, 3.8) is 0 Å². The topological polar surface area (TPSA) is 152 Å². The lowest BCUT2D eigenvalue weighted by Crippen LogP contribution is -2.17. The van der Waals surface area contributed by atoms with Gasteiger partial charge in [-0.25, -0.2) is 8.57 Å². The molecule has 1 aromatic rings. The summed E-state index contributed by atoms with van der Waals surface area (Å²) in [6.45, 7) is 0.186. The van der Waals surface area contributed by atoms with E-state index >= 15 is 0 Å². The largest absolute Gasteiger partial charge is 0.294 e. The molecule has 9 nitrogen and oxygen atoms in total. The third-order valence-corrected chi connectivity index (χ3v) is 5.50. The van der Waals surface area contributed by atoms with Crippen molar-refractivity contribution in [3.05, 3.63) is 29.8 Å². The summed E-state index contributed by atoms with van der Waals surface area (Å²) in [5.74, 6) is 0. The summed E-state index contributed by atoms with van der Waals surface area (Å²) in [6, 6.07) is 5.99. The Morgan fingerprint density at radius 1 is 1.00 bits per heavy atom. The Bertz CT molecular complexity index is 779. The average molecular weight is 380 g/mol. The fourth-order valence-electron chi connectivity index (χ4n) is 0.995. The first-order valence-corrected chi connectivity index (χ1v) is 9.82. The molecular formula is C9H13FO9S3. The van der Waals surface area contributed by atoms with E-state index in [1.165, 1.54) is 12.1 Å². The Hall–Kier alpha value is -1.12. The molecule has 1 rings (SSSR count). The van der Waals surface area contributed by atoms with E-state index in [1.807, 2.05) is 6.92 Å². The highest BCUT2D eigenvalue weighted by atomic mass is 32.3. The van der Waals surface area contributed by atoms with Gasteiger partial charge < -0.3 is 0 Å². The number of benzene rings is 1. The molecule has 0 aliphatic carbocycles. The van der Waals surface area contributed by atoms with E-state index in [4.69, 9.17) is 9.11 Å². The van der Waals surface area contributed by atoms with Crippen LogP contribution in [0.5, 0.6) is 0 Å². The maximum Gasteiger partial charge on any atom is 0.294 e. The van der Waals surface area contributed by atoms with Gasteiger partial charge in [-0.05, 0) is 19.1 Å². The minimum atomic E-state index is -4.68. The summed E-state index contributed by atoms with van der Waals surface area (Å²) in [6.07, 6.45) is 0. The third-order valence-electron chi connectivity index (χ3n) is 1.84. The smallest absolute Gasteiger partial charge is 0.285 e. The SMILES string of the molecule is Cc1ccc(S(=O)(=O)O)cc1.O=S(=O)(O)CS(=O)(=O)OCF. The normalized spacial score (nSPS) is 12.4. The fourth-order valence-corrected chi connectivity index (χ4v) is 3.34. The van der Waals surface area contributed by atoms with E-state index < -0.39 is 42.3 Å². The lowest BCUT2D eigenvalue weighted by molar-refractivity contribution is 0.200. The Kier molecular flexibility index (Phi) is 7.53. The Labute approximate surface area is 127 Å². The molecule has 13 heteroatoms. The maximum atomic E-state index is 11.2. The summed E-state index contributed by atoms with van der Waals surface area (Å²) >= 11 is 0. The molecule has 0 fully saturated rings. The van der Waals surface area contributed by atoms with Crippen LogP contribution in [0, 0.1) is 6.92 Å². The Balaban J connectivity index is 0.000000401. The summed E-state index contributed by atoms with van der Waals surface area (Å²) in [7, 11) is -13.2. The first kappa shape index (κ1) is 20.9. The van der Waals surface area contributed by atoms with Gasteiger partial charge in [-0.15, -0.1) is 0 Å². The monoisotopic (exact) mass is 380 g/mol. The molecule has 0 aromatic heterocycles. The van der Waals surface area contributed by atoms with Gasteiger partial charge in [0.1, 0.15) is 0 Å². The van der Waals surface area contributed by atoms with E-state index in [1.54, 1.807) is 12.1 Å². The van der Waals surface area contributed by atoms with Crippen molar-refractivity contribution in [1.29, 1.82) is 0 Å². The zero-order chi connectivity index (χ0) is 17.6. The molecule has 0 unspecified atom stereocenters. The van der Waals surface area contributed by atoms with Gasteiger partial charge in [0, 0.05) is 0 Å². The van der Waals surface area contributed by atoms with Crippen molar-refractivity contribution in [1.82, 2.24) is 0 Å². The van der Waals surface area contributed by atoms with Gasteiger partial charge in [0.25, 0.3) is 30.4 Å². The predicted molar refractivity (Wildman–Crippen MR) is 73.4 cm³/mol. The number of halogens is 1. The molecule has 128 valence electrons. The lowest BCUT2D eigenvalue weighted by atomic mass is 10.2. The van der Waals surface area contributed by atoms with Gasteiger partial charge in [-0.2, -0.15) is 25.3 Å². The van der Waals surface area contributed by atoms with Crippen LogP contribution in [0.1, 0.15) is 5.56 Å². The number of hydrogen-bond acceptors (Lipinski definition) is 7. The van der Waals surface area contributed by atoms with Crippen molar-refractivity contribution >= 4 is 30.4 Å². The van der Waals surface area contributed by atoms with Crippen molar-refractivity contribution in [2.24, 2.45) is 0 Å². The van der Waals surface area contributed by atoms with Gasteiger partial charge in [0.05, 0.1) is 4.90 Å². The van der Waals surface area contributed by atoms with Crippen LogP contribution in [0.25, 0.3) is 0 Å². The minimum Gasteiger partial charge on any atom is -0.285 e. The summed E-state index contributed by atoms with van der Waals surface area (Å²) in [5, 5.41) is -1.64. The second kappa shape index (κ2) is 7.94. The highest BCUT2D eigenvalue weighted by Gasteiger charge is 2.20. The van der Waals surface area contributed by atoms with Crippen LogP contribution in [-0.4, -0.2) is 46.3 Å². The molecule has 22 heavy (non-hydrogen) atoms. The molecular weight excluding hydrogens is 367 g/mol. The standard InChI is InChI=1S/C7H8O3S.C2H5FO6S2/c1-6-2-4-7(5-3-6)11(8,9)10;3-1-9-11(7,8)2-10(4,5)6/h2-5H,1H3,(H,8,9,10);1-2H2,(H,4,5,6). The van der Waals surface area contributed by atoms with E-state index in [-0.39, 0.29) is 4.90 Å². The number of rotatable bonds is 5. The third kappa shape index (κ3) is 9.75. The highest BCUT2D eigenvalue weighted by molar-refractivity contribution is 8.03. The van der Waals surface area contributed by atoms with Crippen LogP contribution < -0.4 is 0 Å². The molecule has 0 spiro atoms. The van der Waals surface area contributed by atoms with Crippen molar-refractivity contribution < 1.29 is 42.9 Å². The van der Waals surface area contributed by atoms with Crippen molar-refractivity contribution in [2.45, 2.75) is 11.8 Å². The van der Waals surface area contributed by atoms with Gasteiger partial charge in [-0.3, -0.25) is 9.11 Å². The van der Waals surface area contributed by atoms with Crippen LogP contribution >= 0.6 is 0 Å². The summed E-state index contributed by atoms with van der Waals surface area (Å²) in [5.41, 5.74) is 0.956. The molecule has 1 aromatic carbocycles. The number of hydrogen-bond donors (Lipinski definition) is 2. The van der Waals surface area contributed by atoms with Gasteiger partial charge >= 0.3 is 0 Å². The van der Waals surface area contributed by atoms with E-state index in [9.17, 15) is 29.6 Å². The average Bonchev–Trinajstić information content (AvgIpc) is 2.25. The molecule has 0 saturated carbocycles. The zero-order valence-electron chi connectivity index (χ0n) is 11.1. The Morgan fingerprint density at radius 3 is 1.77 bits per heavy atom. The van der Waals surface area contributed by atoms with Gasteiger partial charge in [-0.1, -0.05) is 17.7 Å². The second-order valence-electron chi connectivity index (χ2n) is 3.77. The molecule has 0 amide bonds. The summed E-state index contributed by atoms with van der Waals surface area (Å²) < 4.78 is 92.4. The Morgan fingerprint density at radius 2 is 1.45 bits per heavy atom.